The summed E-state index contributed by atoms with van der Waals surface area (Å²) in [6.07, 6.45) is 6.85. The summed E-state index contributed by atoms with van der Waals surface area (Å²) in [5.41, 5.74) is 1.19. The minimum Gasteiger partial charge on any atom is -0.342 e. The lowest BCUT2D eigenvalue weighted by Crippen LogP contribution is -2.67. The molecule has 148 valence electrons. The largest absolute Gasteiger partial charge is 0.342 e. The first kappa shape index (κ1) is 18.7. The molecule has 1 amide bonds. The molecule has 26 heavy (non-hydrogen) atoms. The van der Waals surface area contributed by atoms with E-state index in [0.29, 0.717) is 10.8 Å². The first-order chi connectivity index (χ1) is 12.2. The highest BCUT2D eigenvalue weighted by Crippen LogP contribution is 2.55. The van der Waals surface area contributed by atoms with E-state index in [9.17, 15) is 4.79 Å². The van der Waals surface area contributed by atoms with Crippen LogP contribution in [0.4, 0.5) is 0 Å². The van der Waals surface area contributed by atoms with E-state index in [1.54, 1.807) is 6.92 Å². The maximum absolute atomic E-state index is 11.4. The van der Waals surface area contributed by atoms with Crippen molar-refractivity contribution in [2.75, 3.05) is 39.8 Å². The molecule has 0 aromatic carbocycles. The summed E-state index contributed by atoms with van der Waals surface area (Å²) in [6, 6.07) is 1.48. The van der Waals surface area contributed by atoms with Gasteiger partial charge in [0.2, 0.25) is 5.91 Å². The van der Waals surface area contributed by atoms with E-state index in [4.69, 9.17) is 0 Å². The summed E-state index contributed by atoms with van der Waals surface area (Å²) in [5.74, 6) is 2.12. The normalized spacial score (nSPS) is 28.8. The lowest BCUT2D eigenvalue weighted by Gasteiger charge is -2.62. The maximum Gasteiger partial charge on any atom is 0.219 e. The van der Waals surface area contributed by atoms with Crippen LogP contribution < -0.4 is 0 Å². The molecular formula is C22H39N3O. The molecule has 0 aromatic heterocycles. The van der Waals surface area contributed by atoms with Crippen molar-refractivity contribution in [3.05, 3.63) is 0 Å². The molecule has 2 spiro atoms. The van der Waals surface area contributed by atoms with Gasteiger partial charge in [-0.05, 0) is 69.9 Å². The molecule has 4 nitrogen and oxygen atoms in total. The van der Waals surface area contributed by atoms with Gasteiger partial charge in [0.15, 0.2) is 0 Å². The van der Waals surface area contributed by atoms with E-state index >= 15 is 0 Å². The number of hydrogen-bond donors (Lipinski definition) is 0. The van der Waals surface area contributed by atoms with Crippen LogP contribution >= 0.6 is 0 Å². The average Bonchev–Trinajstić information content (AvgIpc) is 2.38. The first-order valence-corrected chi connectivity index (χ1v) is 10.9. The third-order valence-corrected chi connectivity index (χ3v) is 8.39. The Labute approximate surface area is 160 Å². The van der Waals surface area contributed by atoms with Crippen molar-refractivity contribution in [3.8, 4) is 0 Å². The summed E-state index contributed by atoms with van der Waals surface area (Å²) in [6.45, 7) is 14.9. The number of carbonyl (C=O) groups excluding carboxylic acids is 1. The third-order valence-electron chi connectivity index (χ3n) is 8.39. The van der Waals surface area contributed by atoms with Crippen molar-refractivity contribution >= 4 is 5.91 Å². The number of rotatable bonds is 6. The second kappa shape index (κ2) is 6.48. The molecule has 0 bridgehead atoms. The molecule has 0 N–H and O–H groups in total. The lowest BCUT2D eigenvalue weighted by atomic mass is 9.55. The van der Waals surface area contributed by atoms with Gasteiger partial charge < -0.3 is 9.80 Å². The molecule has 4 fully saturated rings. The molecule has 2 aliphatic carbocycles. The van der Waals surface area contributed by atoms with Gasteiger partial charge in [0.05, 0.1) is 0 Å². The standard InChI is InChI=1S/C22H39N3O/c1-16(2)19-8-21(9-19)12-24(13-21)17(3)6-7-23(5)20-10-22(11-20)14-25(15-22)18(4)26/h16-17,19-20H,6-15H2,1-5H3. The maximum atomic E-state index is 11.4. The molecular weight excluding hydrogens is 322 g/mol. The summed E-state index contributed by atoms with van der Waals surface area (Å²) >= 11 is 0. The molecule has 2 aliphatic heterocycles. The number of hydrogen-bond acceptors (Lipinski definition) is 3. The minimum atomic E-state index is 0.250. The summed E-state index contributed by atoms with van der Waals surface area (Å²) in [4.78, 5) is 18.7. The van der Waals surface area contributed by atoms with E-state index in [2.05, 4.69) is 37.6 Å². The second-order valence-electron chi connectivity index (χ2n) is 10.9. The van der Waals surface area contributed by atoms with Crippen LogP contribution in [-0.4, -0.2) is 72.5 Å². The zero-order valence-electron chi connectivity index (χ0n) is 17.6. The third kappa shape index (κ3) is 3.22. The Hall–Kier alpha value is -0.610. The van der Waals surface area contributed by atoms with Crippen molar-refractivity contribution in [1.82, 2.24) is 14.7 Å². The van der Waals surface area contributed by atoms with Crippen LogP contribution in [0, 0.1) is 22.7 Å². The van der Waals surface area contributed by atoms with Crippen LogP contribution in [0.2, 0.25) is 0 Å². The van der Waals surface area contributed by atoms with Gasteiger partial charge in [0.25, 0.3) is 0 Å². The predicted octanol–water partition coefficient (Wildman–Crippen LogP) is 3.08. The number of amides is 1. The quantitative estimate of drug-likeness (QED) is 0.727. The fourth-order valence-electron chi connectivity index (χ4n) is 6.16. The monoisotopic (exact) mass is 361 g/mol. The molecule has 4 aliphatic rings. The molecule has 2 saturated heterocycles. The Bertz CT molecular complexity index is 532. The smallest absolute Gasteiger partial charge is 0.219 e. The minimum absolute atomic E-state index is 0.250. The van der Waals surface area contributed by atoms with Gasteiger partial charge in [-0.25, -0.2) is 0 Å². The second-order valence-corrected chi connectivity index (χ2v) is 10.9. The number of carbonyl (C=O) groups is 1. The Morgan fingerprint density at radius 2 is 1.62 bits per heavy atom. The van der Waals surface area contributed by atoms with Gasteiger partial charge in [-0.2, -0.15) is 0 Å². The topological polar surface area (TPSA) is 26.8 Å². The van der Waals surface area contributed by atoms with E-state index in [0.717, 1.165) is 37.0 Å². The number of likely N-dealkylation sites (tertiary alicyclic amines) is 2. The van der Waals surface area contributed by atoms with Gasteiger partial charge in [-0.15, -0.1) is 0 Å². The van der Waals surface area contributed by atoms with Crippen LogP contribution in [0.3, 0.4) is 0 Å². The van der Waals surface area contributed by atoms with Crippen molar-refractivity contribution in [2.45, 2.75) is 71.9 Å². The highest BCUT2D eigenvalue weighted by molar-refractivity contribution is 5.74. The zero-order chi connectivity index (χ0) is 18.7. The highest BCUT2D eigenvalue weighted by Gasteiger charge is 2.55. The van der Waals surface area contributed by atoms with Crippen LogP contribution in [-0.2, 0) is 4.79 Å². The SMILES string of the molecule is CC(=O)N1CC2(CC(N(C)CCC(C)N3CC4(CC(C(C)C)C4)C3)C2)C1. The molecule has 4 heteroatoms. The van der Waals surface area contributed by atoms with Crippen LogP contribution in [0.5, 0.6) is 0 Å². The van der Waals surface area contributed by atoms with E-state index < -0.39 is 0 Å². The molecule has 0 aromatic rings. The first-order valence-electron chi connectivity index (χ1n) is 10.9. The fourth-order valence-corrected chi connectivity index (χ4v) is 6.16. The average molecular weight is 362 g/mol. The highest BCUT2D eigenvalue weighted by atomic mass is 16.2. The van der Waals surface area contributed by atoms with E-state index in [-0.39, 0.29) is 5.91 Å². The van der Waals surface area contributed by atoms with Crippen LogP contribution in [0.15, 0.2) is 0 Å². The van der Waals surface area contributed by atoms with Gasteiger partial charge in [-0.1, -0.05) is 13.8 Å². The van der Waals surface area contributed by atoms with Crippen molar-refractivity contribution in [1.29, 1.82) is 0 Å². The summed E-state index contributed by atoms with van der Waals surface area (Å²) in [5, 5.41) is 0. The van der Waals surface area contributed by atoms with Crippen LogP contribution in [0.1, 0.15) is 59.8 Å². The van der Waals surface area contributed by atoms with Gasteiger partial charge in [0, 0.05) is 50.6 Å². The van der Waals surface area contributed by atoms with E-state index in [1.165, 1.54) is 51.7 Å². The van der Waals surface area contributed by atoms with Crippen LogP contribution in [0.25, 0.3) is 0 Å². The molecule has 1 unspecified atom stereocenters. The molecule has 4 rings (SSSR count). The van der Waals surface area contributed by atoms with Gasteiger partial charge >= 0.3 is 0 Å². The Morgan fingerprint density at radius 3 is 2.15 bits per heavy atom. The Morgan fingerprint density at radius 1 is 1.04 bits per heavy atom. The molecule has 1 atom stereocenters. The van der Waals surface area contributed by atoms with Crippen molar-refractivity contribution in [3.63, 3.8) is 0 Å². The number of nitrogens with zero attached hydrogens (tertiary/aromatic N) is 3. The summed E-state index contributed by atoms with van der Waals surface area (Å²) in [7, 11) is 2.31. The van der Waals surface area contributed by atoms with Gasteiger partial charge in [-0.3, -0.25) is 9.69 Å². The van der Waals surface area contributed by atoms with Gasteiger partial charge in [0.1, 0.15) is 0 Å². The predicted molar refractivity (Wildman–Crippen MR) is 106 cm³/mol. The summed E-state index contributed by atoms with van der Waals surface area (Å²) < 4.78 is 0. The molecule has 0 radical (unpaired) electrons. The fraction of sp³-hybridized carbons (Fsp3) is 0.955. The Balaban J connectivity index is 1.11. The Kier molecular flexibility index (Phi) is 4.67. The lowest BCUT2D eigenvalue weighted by molar-refractivity contribution is -0.154. The molecule has 2 heterocycles. The molecule has 2 saturated carbocycles. The van der Waals surface area contributed by atoms with Crippen molar-refractivity contribution < 1.29 is 4.79 Å². The van der Waals surface area contributed by atoms with Crippen molar-refractivity contribution in [2.24, 2.45) is 22.7 Å². The zero-order valence-corrected chi connectivity index (χ0v) is 17.6. The van der Waals surface area contributed by atoms with E-state index in [1.807, 2.05) is 4.90 Å².